The number of benzene rings is 1. The summed E-state index contributed by atoms with van der Waals surface area (Å²) in [6.45, 7) is 1.09. The van der Waals surface area contributed by atoms with Crippen molar-refractivity contribution in [2.45, 2.75) is 13.0 Å². The molecule has 2 heterocycles. The molecule has 1 aliphatic heterocycles. The van der Waals surface area contributed by atoms with Crippen LogP contribution in [0, 0.1) is 5.82 Å². The largest absolute Gasteiger partial charge is 0.383 e. The number of halogens is 1. The maximum absolute atomic E-state index is 13.7. The molecule has 2 N–H and O–H groups in total. The highest BCUT2D eigenvalue weighted by atomic mass is 19.1. The van der Waals surface area contributed by atoms with Gasteiger partial charge in [0.05, 0.1) is 18.9 Å². The number of aromatic nitrogens is 2. The summed E-state index contributed by atoms with van der Waals surface area (Å²) in [7, 11) is 0. The van der Waals surface area contributed by atoms with E-state index in [4.69, 9.17) is 10.5 Å². The Morgan fingerprint density at radius 3 is 2.94 bits per heavy atom. The predicted molar refractivity (Wildman–Crippen MR) is 61.3 cm³/mol. The molecule has 0 saturated carbocycles. The van der Waals surface area contributed by atoms with Gasteiger partial charge >= 0.3 is 0 Å². The average molecular weight is 233 g/mol. The van der Waals surface area contributed by atoms with Gasteiger partial charge in [0.25, 0.3) is 0 Å². The van der Waals surface area contributed by atoms with Crippen LogP contribution in [0.4, 0.5) is 10.2 Å². The first-order valence-corrected chi connectivity index (χ1v) is 5.46. The van der Waals surface area contributed by atoms with Crippen molar-refractivity contribution >= 4 is 5.82 Å². The number of hydrogen-bond acceptors (Lipinski definition) is 3. The molecule has 4 nitrogen and oxygen atoms in total. The molecule has 3 rings (SSSR count). The highest BCUT2D eigenvalue weighted by Crippen LogP contribution is 2.26. The Labute approximate surface area is 97.8 Å². The lowest BCUT2D eigenvalue weighted by Crippen LogP contribution is -2.09. The highest BCUT2D eigenvalue weighted by molar-refractivity contribution is 5.50. The number of hydrogen-bond donors (Lipinski definition) is 1. The van der Waals surface area contributed by atoms with Crippen molar-refractivity contribution in [3.05, 3.63) is 41.3 Å². The van der Waals surface area contributed by atoms with Crippen molar-refractivity contribution < 1.29 is 9.13 Å². The van der Waals surface area contributed by atoms with E-state index in [1.54, 1.807) is 18.2 Å². The number of nitrogen functional groups attached to an aromatic ring is 1. The van der Waals surface area contributed by atoms with Gasteiger partial charge < -0.3 is 10.5 Å². The minimum Gasteiger partial charge on any atom is -0.383 e. The summed E-state index contributed by atoms with van der Waals surface area (Å²) in [5.41, 5.74) is 8.13. The van der Waals surface area contributed by atoms with Crippen molar-refractivity contribution in [2.75, 3.05) is 12.3 Å². The summed E-state index contributed by atoms with van der Waals surface area (Å²) in [5, 5.41) is 4.35. The van der Waals surface area contributed by atoms with E-state index in [1.807, 2.05) is 0 Å². The van der Waals surface area contributed by atoms with Gasteiger partial charge in [-0.25, -0.2) is 9.07 Å². The van der Waals surface area contributed by atoms with Crippen LogP contribution in [-0.4, -0.2) is 16.4 Å². The minimum absolute atomic E-state index is 0.333. The van der Waals surface area contributed by atoms with Gasteiger partial charge in [-0.1, -0.05) is 12.1 Å². The summed E-state index contributed by atoms with van der Waals surface area (Å²) in [5.74, 6) is 0.129. The van der Waals surface area contributed by atoms with Crippen LogP contribution >= 0.6 is 0 Å². The quantitative estimate of drug-likeness (QED) is 0.815. The lowest BCUT2D eigenvalue weighted by molar-refractivity contribution is 0.110. The second-order valence-electron chi connectivity index (χ2n) is 3.98. The zero-order valence-corrected chi connectivity index (χ0v) is 9.19. The van der Waals surface area contributed by atoms with Crippen LogP contribution in [0.1, 0.15) is 11.3 Å². The molecular formula is C12H12FN3O. The van der Waals surface area contributed by atoms with E-state index in [2.05, 4.69) is 5.10 Å². The third-order valence-electron chi connectivity index (χ3n) is 2.92. The van der Waals surface area contributed by atoms with Crippen LogP contribution in [0.15, 0.2) is 24.3 Å². The molecule has 17 heavy (non-hydrogen) atoms. The number of nitrogens with zero attached hydrogens (tertiary/aromatic N) is 2. The molecule has 0 aliphatic carbocycles. The van der Waals surface area contributed by atoms with Gasteiger partial charge in [0.2, 0.25) is 0 Å². The van der Waals surface area contributed by atoms with Crippen LogP contribution in [0.5, 0.6) is 0 Å². The molecule has 2 aromatic rings. The van der Waals surface area contributed by atoms with Gasteiger partial charge in [0.15, 0.2) is 0 Å². The fourth-order valence-electron chi connectivity index (χ4n) is 2.02. The summed E-state index contributed by atoms with van der Waals surface area (Å²) >= 11 is 0. The van der Waals surface area contributed by atoms with Gasteiger partial charge in [-0.05, 0) is 12.1 Å². The molecule has 0 fully saturated rings. The lowest BCUT2D eigenvalue weighted by atomic mass is 10.1. The number of fused-ring (bicyclic) bond motifs is 1. The maximum atomic E-state index is 13.7. The standard InChI is InChI=1S/C12H12FN3O/c13-9-3-1-2-4-11(9)16-12(14)8-7-17-6-5-10(8)15-16/h1-4H,5-7,14H2. The molecule has 0 radical (unpaired) electrons. The Kier molecular flexibility index (Phi) is 2.33. The summed E-state index contributed by atoms with van der Waals surface area (Å²) in [6, 6.07) is 6.45. The average Bonchev–Trinajstić information content (AvgIpc) is 2.68. The molecule has 1 aromatic heterocycles. The van der Waals surface area contributed by atoms with Crippen molar-refractivity contribution in [3.63, 3.8) is 0 Å². The summed E-state index contributed by atoms with van der Waals surface area (Å²) < 4.78 is 20.5. The first-order chi connectivity index (χ1) is 8.27. The predicted octanol–water partition coefficient (Wildman–Crippen LogP) is 1.67. The molecule has 5 heteroatoms. The van der Waals surface area contributed by atoms with E-state index in [0.29, 0.717) is 24.7 Å². The second kappa shape index (κ2) is 3.85. The van der Waals surface area contributed by atoms with Crippen LogP contribution in [0.2, 0.25) is 0 Å². The van der Waals surface area contributed by atoms with E-state index in [9.17, 15) is 4.39 Å². The molecular weight excluding hydrogens is 221 g/mol. The SMILES string of the molecule is Nc1c2c(nn1-c1ccccc1F)CCOC2. The third-order valence-corrected chi connectivity index (χ3v) is 2.92. The first-order valence-electron chi connectivity index (χ1n) is 5.46. The summed E-state index contributed by atoms with van der Waals surface area (Å²) in [4.78, 5) is 0. The third kappa shape index (κ3) is 1.59. The fourth-order valence-corrected chi connectivity index (χ4v) is 2.02. The van der Waals surface area contributed by atoms with Crippen LogP contribution in [0.25, 0.3) is 5.69 Å². The Bertz CT molecular complexity index is 565. The van der Waals surface area contributed by atoms with Gasteiger partial charge in [-0.15, -0.1) is 0 Å². The number of anilines is 1. The number of para-hydroxylation sites is 1. The first kappa shape index (κ1) is 10.3. The molecule has 88 valence electrons. The lowest BCUT2D eigenvalue weighted by Gasteiger charge is -2.10. The van der Waals surface area contributed by atoms with Crippen LogP contribution < -0.4 is 5.73 Å². The zero-order valence-electron chi connectivity index (χ0n) is 9.19. The Morgan fingerprint density at radius 2 is 2.18 bits per heavy atom. The zero-order chi connectivity index (χ0) is 11.8. The molecule has 1 aliphatic rings. The molecule has 0 spiro atoms. The second-order valence-corrected chi connectivity index (χ2v) is 3.98. The van der Waals surface area contributed by atoms with E-state index in [1.165, 1.54) is 10.7 Å². The van der Waals surface area contributed by atoms with Crippen molar-refractivity contribution in [1.29, 1.82) is 0 Å². The highest BCUT2D eigenvalue weighted by Gasteiger charge is 2.20. The fraction of sp³-hybridized carbons (Fsp3) is 0.250. The number of nitrogens with two attached hydrogens (primary N) is 1. The number of ether oxygens (including phenoxy) is 1. The molecule has 0 bridgehead atoms. The molecule has 0 atom stereocenters. The summed E-state index contributed by atoms with van der Waals surface area (Å²) in [6.07, 6.45) is 0.723. The topological polar surface area (TPSA) is 53.1 Å². The van der Waals surface area contributed by atoms with Gasteiger partial charge in [-0.3, -0.25) is 0 Å². The van der Waals surface area contributed by atoms with E-state index < -0.39 is 0 Å². The monoisotopic (exact) mass is 233 g/mol. The van der Waals surface area contributed by atoms with Gasteiger partial charge in [0.1, 0.15) is 17.3 Å². The Balaban J connectivity index is 2.16. The van der Waals surface area contributed by atoms with Gasteiger partial charge in [-0.2, -0.15) is 5.10 Å². The van der Waals surface area contributed by atoms with Crippen molar-refractivity contribution in [1.82, 2.24) is 9.78 Å². The molecule has 0 amide bonds. The van der Waals surface area contributed by atoms with E-state index in [0.717, 1.165) is 17.7 Å². The van der Waals surface area contributed by atoms with Crippen LogP contribution in [0.3, 0.4) is 0 Å². The normalized spacial score (nSPS) is 14.6. The number of rotatable bonds is 1. The molecule has 1 aromatic carbocycles. The smallest absolute Gasteiger partial charge is 0.148 e. The van der Waals surface area contributed by atoms with E-state index >= 15 is 0 Å². The Morgan fingerprint density at radius 1 is 1.35 bits per heavy atom. The van der Waals surface area contributed by atoms with E-state index in [-0.39, 0.29) is 5.82 Å². The van der Waals surface area contributed by atoms with Crippen molar-refractivity contribution in [2.24, 2.45) is 0 Å². The maximum Gasteiger partial charge on any atom is 0.148 e. The molecule has 0 unspecified atom stereocenters. The van der Waals surface area contributed by atoms with Crippen LogP contribution in [-0.2, 0) is 17.8 Å². The van der Waals surface area contributed by atoms with Crippen molar-refractivity contribution in [3.8, 4) is 5.69 Å². The minimum atomic E-state index is -0.333. The Hall–Kier alpha value is -1.88. The molecule has 0 saturated heterocycles. The van der Waals surface area contributed by atoms with Gasteiger partial charge in [0, 0.05) is 12.0 Å².